The van der Waals surface area contributed by atoms with Crippen LogP contribution >= 0.6 is 23.1 Å². The summed E-state index contributed by atoms with van der Waals surface area (Å²) in [5, 5.41) is 4.92. The van der Waals surface area contributed by atoms with Crippen LogP contribution in [0.2, 0.25) is 0 Å². The Labute approximate surface area is 162 Å². The fourth-order valence-electron chi connectivity index (χ4n) is 3.39. The molecular weight excluding hydrogens is 362 g/mol. The molecule has 0 bridgehead atoms. The molecule has 1 aliphatic carbocycles. The SMILES string of the molecule is O=C(/C=C/N1NC(=Nc2ccccc2)SC12CCCCC2)c1cccs1. The maximum Gasteiger partial charge on any atom is 0.197 e. The van der Waals surface area contributed by atoms with Crippen LogP contribution in [-0.2, 0) is 0 Å². The number of carbonyl (C=O) groups is 1. The van der Waals surface area contributed by atoms with Gasteiger partial charge in [0.15, 0.2) is 11.0 Å². The average molecular weight is 384 g/mol. The van der Waals surface area contributed by atoms with Crippen molar-refractivity contribution >= 4 is 39.7 Å². The number of hydrazine groups is 1. The molecule has 1 saturated heterocycles. The van der Waals surface area contributed by atoms with E-state index >= 15 is 0 Å². The van der Waals surface area contributed by atoms with Gasteiger partial charge in [0, 0.05) is 12.3 Å². The minimum Gasteiger partial charge on any atom is -0.288 e. The smallest absolute Gasteiger partial charge is 0.197 e. The Balaban J connectivity index is 1.56. The summed E-state index contributed by atoms with van der Waals surface area (Å²) in [5.41, 5.74) is 4.35. The third-order valence-electron chi connectivity index (χ3n) is 4.70. The van der Waals surface area contributed by atoms with Crippen molar-refractivity contribution in [2.45, 2.75) is 37.0 Å². The fourth-order valence-corrected chi connectivity index (χ4v) is 5.39. The number of para-hydroxylation sites is 1. The molecule has 26 heavy (non-hydrogen) atoms. The van der Waals surface area contributed by atoms with E-state index in [0.29, 0.717) is 0 Å². The van der Waals surface area contributed by atoms with Crippen LogP contribution in [0.15, 0.2) is 65.1 Å². The number of hydrogen-bond acceptors (Lipinski definition) is 5. The third-order valence-corrected chi connectivity index (χ3v) is 6.95. The van der Waals surface area contributed by atoms with Crippen molar-refractivity contribution in [2.24, 2.45) is 4.99 Å². The maximum atomic E-state index is 12.3. The zero-order valence-corrected chi connectivity index (χ0v) is 16.1. The van der Waals surface area contributed by atoms with Crippen molar-refractivity contribution in [3.05, 3.63) is 65.0 Å². The summed E-state index contributed by atoms with van der Waals surface area (Å²) in [4.78, 5) is 17.8. The minimum atomic E-state index is -0.0436. The van der Waals surface area contributed by atoms with Gasteiger partial charge in [-0.2, -0.15) is 0 Å². The van der Waals surface area contributed by atoms with Crippen molar-refractivity contribution in [3.63, 3.8) is 0 Å². The van der Waals surface area contributed by atoms with Gasteiger partial charge in [0.25, 0.3) is 0 Å². The van der Waals surface area contributed by atoms with Crippen LogP contribution < -0.4 is 5.43 Å². The quantitative estimate of drug-likeness (QED) is 0.571. The van der Waals surface area contributed by atoms with Gasteiger partial charge in [0.2, 0.25) is 0 Å². The first-order chi connectivity index (χ1) is 12.8. The number of rotatable bonds is 4. The van der Waals surface area contributed by atoms with Crippen LogP contribution in [0.3, 0.4) is 0 Å². The summed E-state index contributed by atoms with van der Waals surface area (Å²) in [6.45, 7) is 0. The van der Waals surface area contributed by atoms with Crippen LogP contribution in [0, 0.1) is 0 Å². The lowest BCUT2D eigenvalue weighted by molar-refractivity contribution is 0.104. The standard InChI is InChI=1S/C20H21N3OS2/c24-17(18-10-7-15-25-18)11-14-23-20(12-5-2-6-13-20)26-19(22-23)21-16-8-3-1-4-9-16/h1,3-4,7-11,14-15H,2,5-6,12-13H2,(H,21,22)/b14-11+. The van der Waals surface area contributed by atoms with E-state index in [4.69, 9.17) is 4.99 Å². The Morgan fingerprint density at radius 3 is 2.65 bits per heavy atom. The molecule has 2 fully saturated rings. The van der Waals surface area contributed by atoms with Crippen LogP contribution in [0.25, 0.3) is 0 Å². The Morgan fingerprint density at radius 1 is 1.12 bits per heavy atom. The number of carbonyl (C=O) groups excluding carboxylic acids is 1. The molecule has 1 saturated carbocycles. The number of thiophene rings is 1. The molecule has 6 heteroatoms. The van der Waals surface area contributed by atoms with E-state index < -0.39 is 0 Å². The second kappa shape index (κ2) is 7.68. The molecule has 1 spiro atoms. The molecule has 0 amide bonds. The van der Waals surface area contributed by atoms with Gasteiger partial charge in [0.05, 0.1) is 10.6 Å². The highest BCUT2D eigenvalue weighted by atomic mass is 32.2. The zero-order valence-electron chi connectivity index (χ0n) is 14.4. The number of nitrogens with zero attached hydrogens (tertiary/aromatic N) is 2. The number of allylic oxidation sites excluding steroid dienone is 1. The molecule has 4 rings (SSSR count). The van der Waals surface area contributed by atoms with Crippen molar-refractivity contribution in [1.29, 1.82) is 0 Å². The monoisotopic (exact) mass is 383 g/mol. The lowest BCUT2D eigenvalue weighted by atomic mass is 9.94. The Bertz CT molecular complexity index is 809. The molecule has 134 valence electrons. The lowest BCUT2D eigenvalue weighted by Gasteiger charge is -2.38. The van der Waals surface area contributed by atoms with Crippen molar-refractivity contribution < 1.29 is 4.79 Å². The molecular formula is C20H21N3OS2. The van der Waals surface area contributed by atoms with Gasteiger partial charge in [-0.15, -0.1) is 11.3 Å². The summed E-state index contributed by atoms with van der Waals surface area (Å²) in [6.07, 6.45) is 9.44. The molecule has 1 N–H and O–H groups in total. The summed E-state index contributed by atoms with van der Waals surface area (Å²) in [5.74, 6) is 0.0474. The van der Waals surface area contributed by atoms with Crippen LogP contribution in [0.4, 0.5) is 5.69 Å². The van der Waals surface area contributed by atoms with Gasteiger partial charge in [-0.05, 0) is 36.4 Å². The maximum absolute atomic E-state index is 12.3. The summed E-state index contributed by atoms with van der Waals surface area (Å²) >= 11 is 3.27. The highest BCUT2D eigenvalue weighted by Crippen LogP contribution is 2.46. The first kappa shape index (κ1) is 17.4. The Hall–Kier alpha value is -2.05. The van der Waals surface area contributed by atoms with Crippen LogP contribution in [0.1, 0.15) is 41.8 Å². The highest BCUT2D eigenvalue weighted by Gasteiger charge is 2.44. The van der Waals surface area contributed by atoms with Gasteiger partial charge in [-0.3, -0.25) is 15.2 Å². The number of benzene rings is 1. The molecule has 2 heterocycles. The average Bonchev–Trinajstić information content (AvgIpc) is 3.30. The molecule has 4 nitrogen and oxygen atoms in total. The molecule has 0 radical (unpaired) electrons. The third kappa shape index (κ3) is 3.71. The molecule has 1 aliphatic heterocycles. The number of amidine groups is 1. The fraction of sp³-hybridized carbons (Fsp3) is 0.300. The van der Waals surface area contributed by atoms with E-state index in [-0.39, 0.29) is 10.7 Å². The normalized spacial score (nSPS) is 20.8. The molecule has 0 unspecified atom stereocenters. The second-order valence-corrected chi connectivity index (χ2v) is 8.80. The van der Waals surface area contributed by atoms with Gasteiger partial charge in [-0.1, -0.05) is 55.3 Å². The summed E-state index contributed by atoms with van der Waals surface area (Å²) < 4.78 is 0. The number of thioether (sulfide) groups is 1. The Morgan fingerprint density at radius 2 is 1.92 bits per heavy atom. The zero-order chi connectivity index (χ0) is 17.8. The predicted molar refractivity (Wildman–Crippen MR) is 110 cm³/mol. The van der Waals surface area contributed by atoms with E-state index in [1.165, 1.54) is 30.6 Å². The van der Waals surface area contributed by atoms with E-state index in [0.717, 1.165) is 28.6 Å². The topological polar surface area (TPSA) is 44.7 Å². The number of hydrogen-bond donors (Lipinski definition) is 1. The van der Waals surface area contributed by atoms with E-state index in [2.05, 4.69) is 10.4 Å². The van der Waals surface area contributed by atoms with E-state index in [1.807, 2.05) is 54.0 Å². The summed E-state index contributed by atoms with van der Waals surface area (Å²) in [6, 6.07) is 13.8. The number of ketones is 1. The number of aliphatic imine (C=N–C) groups is 1. The first-order valence-corrected chi connectivity index (χ1v) is 10.6. The minimum absolute atomic E-state index is 0.0436. The first-order valence-electron chi connectivity index (χ1n) is 8.90. The van der Waals surface area contributed by atoms with Crippen molar-refractivity contribution in [3.8, 4) is 0 Å². The molecule has 1 aromatic carbocycles. The molecule has 2 aliphatic rings. The summed E-state index contributed by atoms with van der Waals surface area (Å²) in [7, 11) is 0. The van der Waals surface area contributed by atoms with E-state index in [9.17, 15) is 4.79 Å². The van der Waals surface area contributed by atoms with E-state index in [1.54, 1.807) is 17.8 Å². The largest absolute Gasteiger partial charge is 0.288 e. The molecule has 2 aromatic rings. The van der Waals surface area contributed by atoms with Gasteiger partial charge in [0.1, 0.15) is 4.87 Å². The van der Waals surface area contributed by atoms with Crippen molar-refractivity contribution in [1.82, 2.24) is 10.4 Å². The van der Waals surface area contributed by atoms with Crippen LogP contribution in [-0.4, -0.2) is 20.8 Å². The van der Waals surface area contributed by atoms with Crippen LogP contribution in [0.5, 0.6) is 0 Å². The lowest BCUT2D eigenvalue weighted by Crippen LogP contribution is -2.44. The van der Waals surface area contributed by atoms with Gasteiger partial charge < -0.3 is 0 Å². The van der Waals surface area contributed by atoms with Crippen molar-refractivity contribution in [2.75, 3.05) is 0 Å². The number of nitrogens with one attached hydrogen (secondary N) is 1. The van der Waals surface area contributed by atoms with Gasteiger partial charge >= 0.3 is 0 Å². The predicted octanol–water partition coefficient (Wildman–Crippen LogP) is 5.35. The van der Waals surface area contributed by atoms with Gasteiger partial charge in [-0.25, -0.2) is 4.99 Å². The Kier molecular flexibility index (Phi) is 5.13. The highest BCUT2D eigenvalue weighted by molar-refractivity contribution is 8.15. The second-order valence-electron chi connectivity index (χ2n) is 6.50. The molecule has 0 atom stereocenters. The molecule has 1 aromatic heterocycles.